The summed E-state index contributed by atoms with van der Waals surface area (Å²) >= 11 is 0. The summed E-state index contributed by atoms with van der Waals surface area (Å²) in [7, 11) is 0. The number of hydrogen-bond acceptors (Lipinski definition) is 3. The number of oxazole rings is 1. The van der Waals surface area contributed by atoms with E-state index in [1.807, 2.05) is 31.2 Å². The van der Waals surface area contributed by atoms with Crippen LogP contribution in [0, 0.1) is 0 Å². The number of rotatable bonds is 4. The van der Waals surface area contributed by atoms with Crippen LogP contribution in [-0.2, 0) is 11.2 Å². The van der Waals surface area contributed by atoms with Gasteiger partial charge in [-0.3, -0.25) is 4.79 Å². The maximum Gasteiger partial charge on any atom is 0.227 e. The Morgan fingerprint density at radius 2 is 1.91 bits per heavy atom. The minimum Gasteiger partial charge on any atom is -0.436 e. The van der Waals surface area contributed by atoms with Gasteiger partial charge in [0.25, 0.3) is 0 Å². The second-order valence-electron chi connectivity index (χ2n) is 5.15. The van der Waals surface area contributed by atoms with Crippen molar-refractivity contribution in [2.45, 2.75) is 26.7 Å². The van der Waals surface area contributed by atoms with Gasteiger partial charge in [-0.25, -0.2) is 4.98 Å². The van der Waals surface area contributed by atoms with Gasteiger partial charge in [0.2, 0.25) is 11.8 Å². The molecule has 112 valence electrons. The molecule has 3 aromatic rings. The molecule has 0 saturated heterocycles. The lowest BCUT2D eigenvalue weighted by atomic mass is 10.1. The predicted molar refractivity (Wildman–Crippen MR) is 87.7 cm³/mol. The fraction of sp³-hybridized carbons (Fsp3) is 0.222. The second kappa shape index (κ2) is 6.02. The monoisotopic (exact) mass is 294 g/mol. The quantitative estimate of drug-likeness (QED) is 0.775. The number of amides is 1. The molecule has 0 aliphatic rings. The van der Waals surface area contributed by atoms with Crippen molar-refractivity contribution in [2.75, 3.05) is 5.32 Å². The summed E-state index contributed by atoms with van der Waals surface area (Å²) in [5, 5.41) is 2.82. The number of carbonyl (C=O) groups excluding carboxylic acids is 1. The molecule has 4 heteroatoms. The lowest BCUT2D eigenvalue weighted by Crippen LogP contribution is -2.08. The van der Waals surface area contributed by atoms with Crippen molar-refractivity contribution in [1.29, 1.82) is 0 Å². The van der Waals surface area contributed by atoms with Crippen molar-refractivity contribution >= 4 is 22.7 Å². The number of aryl methyl sites for hydroxylation is 1. The molecule has 0 radical (unpaired) electrons. The predicted octanol–water partition coefficient (Wildman–Crippen LogP) is 4.41. The van der Waals surface area contributed by atoms with Gasteiger partial charge in [0.05, 0.1) is 0 Å². The first-order valence-corrected chi connectivity index (χ1v) is 7.49. The number of fused-ring (bicyclic) bond motifs is 1. The Morgan fingerprint density at radius 1 is 1.14 bits per heavy atom. The van der Waals surface area contributed by atoms with E-state index in [4.69, 9.17) is 4.42 Å². The molecule has 1 heterocycles. The Kier molecular flexibility index (Phi) is 3.92. The van der Waals surface area contributed by atoms with Crippen LogP contribution in [0.4, 0.5) is 5.69 Å². The Morgan fingerprint density at radius 3 is 2.59 bits per heavy atom. The van der Waals surface area contributed by atoms with Crippen LogP contribution in [0.5, 0.6) is 0 Å². The van der Waals surface area contributed by atoms with Crippen LogP contribution < -0.4 is 5.32 Å². The number of benzene rings is 2. The molecule has 1 N–H and O–H groups in total. The summed E-state index contributed by atoms with van der Waals surface area (Å²) in [5.41, 5.74) is 4.41. The fourth-order valence-electron chi connectivity index (χ4n) is 2.26. The molecule has 0 aliphatic heterocycles. The van der Waals surface area contributed by atoms with Crippen molar-refractivity contribution in [2.24, 2.45) is 0 Å². The molecule has 0 atom stereocenters. The van der Waals surface area contributed by atoms with E-state index < -0.39 is 0 Å². The third-order valence-corrected chi connectivity index (χ3v) is 3.60. The first-order valence-electron chi connectivity index (χ1n) is 7.49. The molecular formula is C18H18N2O2. The van der Waals surface area contributed by atoms with Crippen LogP contribution in [-0.4, -0.2) is 10.9 Å². The maximum absolute atomic E-state index is 11.4. The summed E-state index contributed by atoms with van der Waals surface area (Å²) < 4.78 is 5.82. The minimum absolute atomic E-state index is 0.0192. The molecule has 1 aromatic heterocycles. The van der Waals surface area contributed by atoms with Crippen LogP contribution in [0.2, 0.25) is 0 Å². The van der Waals surface area contributed by atoms with Gasteiger partial charge in [-0.15, -0.1) is 0 Å². The van der Waals surface area contributed by atoms with Crippen molar-refractivity contribution in [3.05, 3.63) is 48.0 Å². The molecule has 3 rings (SSSR count). The highest BCUT2D eigenvalue weighted by Gasteiger charge is 2.09. The number of carbonyl (C=O) groups is 1. The fourth-order valence-corrected chi connectivity index (χ4v) is 2.26. The van der Waals surface area contributed by atoms with Gasteiger partial charge in [0.15, 0.2) is 5.58 Å². The number of hydrogen-bond donors (Lipinski definition) is 1. The first kappa shape index (κ1) is 14.3. The Bertz CT molecular complexity index is 804. The van der Waals surface area contributed by atoms with E-state index in [2.05, 4.69) is 29.4 Å². The van der Waals surface area contributed by atoms with E-state index in [0.29, 0.717) is 17.9 Å². The summed E-state index contributed by atoms with van der Waals surface area (Å²) in [6, 6.07) is 13.7. The van der Waals surface area contributed by atoms with Gasteiger partial charge in [0, 0.05) is 23.7 Å². The zero-order chi connectivity index (χ0) is 15.5. The largest absolute Gasteiger partial charge is 0.436 e. The van der Waals surface area contributed by atoms with Gasteiger partial charge in [0.1, 0.15) is 5.52 Å². The van der Waals surface area contributed by atoms with Crippen molar-refractivity contribution in [3.8, 4) is 11.5 Å². The van der Waals surface area contributed by atoms with Crippen LogP contribution in [0.25, 0.3) is 22.6 Å². The van der Waals surface area contributed by atoms with E-state index >= 15 is 0 Å². The van der Waals surface area contributed by atoms with Crippen LogP contribution in [0.1, 0.15) is 25.8 Å². The highest BCUT2D eigenvalue weighted by atomic mass is 16.3. The zero-order valence-electron chi connectivity index (χ0n) is 12.7. The lowest BCUT2D eigenvalue weighted by Gasteiger charge is -2.01. The average molecular weight is 294 g/mol. The molecule has 0 aliphatic carbocycles. The van der Waals surface area contributed by atoms with E-state index in [-0.39, 0.29) is 5.91 Å². The molecule has 2 aromatic carbocycles. The minimum atomic E-state index is -0.0192. The Hall–Kier alpha value is -2.62. The molecule has 22 heavy (non-hydrogen) atoms. The van der Waals surface area contributed by atoms with Gasteiger partial charge in [-0.05, 0) is 36.2 Å². The summed E-state index contributed by atoms with van der Waals surface area (Å²) in [6.45, 7) is 3.95. The highest BCUT2D eigenvalue weighted by molar-refractivity contribution is 5.92. The molecule has 0 bridgehead atoms. The number of aromatic nitrogens is 1. The second-order valence-corrected chi connectivity index (χ2v) is 5.15. The molecule has 0 saturated carbocycles. The van der Waals surface area contributed by atoms with Gasteiger partial charge in [-0.1, -0.05) is 26.0 Å². The number of nitrogens with one attached hydrogen (secondary N) is 1. The standard InChI is InChI=1S/C18H18N2O2/c1-3-12-5-7-13(8-6-12)18-20-15-10-9-14(11-16(15)22-18)19-17(21)4-2/h5-11H,3-4H2,1-2H3,(H,19,21). The van der Waals surface area contributed by atoms with Gasteiger partial charge >= 0.3 is 0 Å². The molecule has 4 nitrogen and oxygen atoms in total. The topological polar surface area (TPSA) is 55.1 Å². The van der Waals surface area contributed by atoms with Crippen molar-refractivity contribution in [1.82, 2.24) is 4.98 Å². The summed E-state index contributed by atoms with van der Waals surface area (Å²) in [5.74, 6) is 0.575. The summed E-state index contributed by atoms with van der Waals surface area (Å²) in [4.78, 5) is 15.9. The van der Waals surface area contributed by atoms with Crippen molar-refractivity contribution < 1.29 is 9.21 Å². The van der Waals surface area contributed by atoms with Crippen molar-refractivity contribution in [3.63, 3.8) is 0 Å². The SMILES string of the molecule is CCC(=O)Nc1ccc2nc(-c3ccc(CC)cc3)oc2c1. The first-order chi connectivity index (χ1) is 10.7. The van der Waals surface area contributed by atoms with E-state index in [1.165, 1.54) is 5.56 Å². The molecular weight excluding hydrogens is 276 g/mol. The van der Waals surface area contributed by atoms with Gasteiger partial charge < -0.3 is 9.73 Å². The lowest BCUT2D eigenvalue weighted by molar-refractivity contribution is -0.115. The maximum atomic E-state index is 11.4. The number of nitrogens with zero attached hydrogens (tertiary/aromatic N) is 1. The van der Waals surface area contributed by atoms with Crippen LogP contribution >= 0.6 is 0 Å². The van der Waals surface area contributed by atoms with Crippen LogP contribution in [0.15, 0.2) is 46.9 Å². The van der Waals surface area contributed by atoms with E-state index in [0.717, 1.165) is 23.2 Å². The summed E-state index contributed by atoms with van der Waals surface area (Å²) in [6.07, 6.45) is 1.46. The number of anilines is 1. The van der Waals surface area contributed by atoms with Gasteiger partial charge in [-0.2, -0.15) is 0 Å². The van der Waals surface area contributed by atoms with Crippen LogP contribution in [0.3, 0.4) is 0 Å². The third-order valence-electron chi connectivity index (χ3n) is 3.60. The normalized spacial score (nSPS) is 10.8. The van der Waals surface area contributed by atoms with E-state index in [1.54, 1.807) is 6.07 Å². The molecule has 0 fully saturated rings. The third kappa shape index (κ3) is 2.86. The Labute approximate surface area is 129 Å². The molecule has 0 unspecified atom stereocenters. The highest BCUT2D eigenvalue weighted by Crippen LogP contribution is 2.26. The average Bonchev–Trinajstić information content (AvgIpc) is 2.98. The smallest absolute Gasteiger partial charge is 0.227 e. The Balaban J connectivity index is 1.93. The van der Waals surface area contributed by atoms with E-state index in [9.17, 15) is 4.79 Å². The molecule has 1 amide bonds. The molecule has 0 spiro atoms. The zero-order valence-corrected chi connectivity index (χ0v) is 12.7.